The van der Waals surface area contributed by atoms with Crippen LogP contribution in [-0.2, 0) is 4.79 Å². The number of hydrogen-bond donors (Lipinski definition) is 1. The summed E-state index contributed by atoms with van der Waals surface area (Å²) in [7, 11) is 0. The molecule has 0 unspecified atom stereocenters. The van der Waals surface area contributed by atoms with E-state index in [1.165, 1.54) is 10.7 Å². The zero-order valence-corrected chi connectivity index (χ0v) is 17.9. The van der Waals surface area contributed by atoms with E-state index in [0.717, 1.165) is 35.7 Å². The summed E-state index contributed by atoms with van der Waals surface area (Å²) in [5.41, 5.74) is 8.20. The predicted molar refractivity (Wildman–Crippen MR) is 114 cm³/mol. The number of rotatable bonds is 5. The van der Waals surface area contributed by atoms with E-state index in [-0.39, 0.29) is 11.6 Å². The van der Waals surface area contributed by atoms with E-state index in [1.54, 1.807) is 25.3 Å². The van der Waals surface area contributed by atoms with Crippen LogP contribution in [0.4, 0.5) is 4.39 Å². The first-order chi connectivity index (χ1) is 14.5. The minimum Gasteiger partial charge on any atom is -0.366 e. The fourth-order valence-corrected chi connectivity index (χ4v) is 4.24. The van der Waals surface area contributed by atoms with Crippen LogP contribution in [0.2, 0.25) is 0 Å². The highest BCUT2D eigenvalue weighted by Crippen LogP contribution is 2.41. The number of pyridine rings is 1. The fourth-order valence-electron chi connectivity index (χ4n) is 4.01. The maximum atomic E-state index is 15.0. The van der Waals surface area contributed by atoms with Crippen LogP contribution in [0.5, 0.6) is 0 Å². The Kier molecular flexibility index (Phi) is 5.72. The van der Waals surface area contributed by atoms with Crippen molar-refractivity contribution in [1.29, 1.82) is 0 Å². The normalized spacial score (nSPS) is 15.3. The Hall–Kier alpha value is -2.94. The number of tetrazole rings is 1. The van der Waals surface area contributed by atoms with Crippen LogP contribution in [0.25, 0.3) is 16.8 Å². The lowest BCUT2D eigenvalue weighted by atomic mass is 9.86. The van der Waals surface area contributed by atoms with E-state index in [9.17, 15) is 4.79 Å². The van der Waals surface area contributed by atoms with Gasteiger partial charge in [-0.15, -0.1) is 5.10 Å². The molecule has 1 aliphatic carbocycles. The molecule has 4 rings (SSSR count). The average molecular weight is 471 g/mol. The summed E-state index contributed by atoms with van der Waals surface area (Å²) in [4.78, 5) is 17.1. The molecule has 0 radical (unpaired) electrons. The Morgan fingerprint density at radius 3 is 2.57 bits per heavy atom. The number of amides is 1. The number of benzene rings is 1. The molecule has 0 atom stereocenters. The van der Waals surface area contributed by atoms with E-state index < -0.39 is 11.7 Å². The number of aromatic nitrogens is 5. The van der Waals surface area contributed by atoms with E-state index in [0.29, 0.717) is 22.7 Å². The molecule has 30 heavy (non-hydrogen) atoms. The number of nitrogens with two attached hydrogens (primary N) is 1. The van der Waals surface area contributed by atoms with Crippen molar-refractivity contribution in [2.75, 3.05) is 0 Å². The Labute approximate surface area is 181 Å². The van der Waals surface area contributed by atoms with E-state index in [4.69, 9.17) is 5.73 Å². The van der Waals surface area contributed by atoms with Crippen LogP contribution in [0.1, 0.15) is 42.8 Å². The molecule has 1 amide bonds. The van der Waals surface area contributed by atoms with Crippen LogP contribution < -0.4 is 5.73 Å². The van der Waals surface area contributed by atoms with Crippen LogP contribution in [-0.4, -0.2) is 31.1 Å². The number of carbonyl (C=O) groups is 1. The Morgan fingerprint density at radius 2 is 2.00 bits per heavy atom. The highest BCUT2D eigenvalue weighted by atomic mass is 79.9. The van der Waals surface area contributed by atoms with Crippen LogP contribution in [0.3, 0.4) is 0 Å². The number of carbonyl (C=O) groups excluding carboxylic acids is 1. The van der Waals surface area contributed by atoms with Gasteiger partial charge in [0.05, 0.1) is 11.3 Å². The maximum absolute atomic E-state index is 15.0. The van der Waals surface area contributed by atoms with Crippen LogP contribution in [0.15, 0.2) is 41.0 Å². The Morgan fingerprint density at radius 1 is 1.23 bits per heavy atom. The van der Waals surface area contributed by atoms with Gasteiger partial charge >= 0.3 is 0 Å². The lowest BCUT2D eigenvalue weighted by Gasteiger charge is -2.19. The number of hydrogen-bond acceptors (Lipinski definition) is 5. The summed E-state index contributed by atoms with van der Waals surface area (Å²) < 4.78 is 17.1. The molecule has 2 aromatic heterocycles. The van der Waals surface area contributed by atoms with E-state index in [2.05, 4.69) is 36.4 Å². The standard InChI is InChI=1S/C21H20BrFN6O/c1-12-26-27-28-29(12)18-9-6-14(10-16(18)23)20(21(24)30)19(13-4-2-3-5-13)17-8-7-15(22)11-25-17/h6-11,13H,2-5H2,1H3,(H2,24,30). The number of aryl methyl sites for hydroxylation is 1. The summed E-state index contributed by atoms with van der Waals surface area (Å²) in [6.07, 6.45) is 5.71. The van der Waals surface area contributed by atoms with Gasteiger partial charge in [0.25, 0.3) is 0 Å². The lowest BCUT2D eigenvalue weighted by molar-refractivity contribution is -0.112. The molecule has 154 valence electrons. The summed E-state index contributed by atoms with van der Waals surface area (Å²) in [5.74, 6) is -0.549. The van der Waals surface area contributed by atoms with Crippen LogP contribution >= 0.6 is 15.9 Å². The summed E-state index contributed by atoms with van der Waals surface area (Å²) in [6, 6.07) is 8.27. The first kappa shape index (κ1) is 20.3. The molecule has 2 N–H and O–H groups in total. The minimum atomic E-state index is -0.604. The van der Waals surface area contributed by atoms with Crippen molar-refractivity contribution in [3.63, 3.8) is 0 Å². The molecule has 7 nitrogen and oxygen atoms in total. The lowest BCUT2D eigenvalue weighted by Crippen LogP contribution is -2.18. The smallest absolute Gasteiger partial charge is 0.249 e. The second-order valence-corrected chi connectivity index (χ2v) is 8.22. The highest BCUT2D eigenvalue weighted by Gasteiger charge is 2.28. The van der Waals surface area contributed by atoms with Gasteiger partial charge in [0.2, 0.25) is 5.91 Å². The van der Waals surface area contributed by atoms with Crippen LogP contribution in [0, 0.1) is 18.7 Å². The van der Waals surface area contributed by atoms with Crippen molar-refractivity contribution in [2.24, 2.45) is 11.7 Å². The number of halogens is 2. The van der Waals surface area contributed by atoms with E-state index >= 15 is 4.39 Å². The van der Waals surface area contributed by atoms with Crippen molar-refractivity contribution in [3.05, 3.63) is 63.9 Å². The Bertz CT molecular complexity index is 1120. The third-order valence-corrected chi connectivity index (χ3v) is 5.84. The molecule has 1 aliphatic rings. The fraction of sp³-hybridized carbons (Fsp3) is 0.286. The minimum absolute atomic E-state index is 0.144. The number of primary amides is 1. The molecule has 0 bridgehead atoms. The molecule has 0 spiro atoms. The molecule has 1 fully saturated rings. The van der Waals surface area contributed by atoms with Crippen molar-refractivity contribution in [2.45, 2.75) is 32.6 Å². The van der Waals surface area contributed by atoms with Crippen molar-refractivity contribution in [1.82, 2.24) is 25.2 Å². The largest absolute Gasteiger partial charge is 0.366 e. The summed E-state index contributed by atoms with van der Waals surface area (Å²) in [6.45, 7) is 1.68. The summed E-state index contributed by atoms with van der Waals surface area (Å²) >= 11 is 3.39. The second-order valence-electron chi connectivity index (χ2n) is 7.30. The van der Waals surface area contributed by atoms with Crippen molar-refractivity contribution < 1.29 is 9.18 Å². The quantitative estimate of drug-likeness (QED) is 0.570. The molecular formula is C21H20BrFN6O. The number of allylic oxidation sites excluding steroid dienone is 1. The zero-order valence-electron chi connectivity index (χ0n) is 16.3. The summed E-state index contributed by atoms with van der Waals surface area (Å²) in [5, 5.41) is 11.1. The predicted octanol–water partition coefficient (Wildman–Crippen LogP) is 3.85. The molecule has 2 heterocycles. The van der Waals surface area contributed by atoms with Gasteiger partial charge in [0.15, 0.2) is 5.82 Å². The van der Waals surface area contributed by atoms with Gasteiger partial charge < -0.3 is 5.73 Å². The molecular weight excluding hydrogens is 451 g/mol. The van der Waals surface area contributed by atoms with Gasteiger partial charge in [-0.3, -0.25) is 9.78 Å². The molecule has 1 saturated carbocycles. The average Bonchev–Trinajstić information content (AvgIpc) is 3.38. The van der Waals surface area contributed by atoms with Crippen molar-refractivity contribution in [3.8, 4) is 5.69 Å². The maximum Gasteiger partial charge on any atom is 0.249 e. The molecule has 9 heteroatoms. The Balaban J connectivity index is 1.89. The van der Waals surface area contributed by atoms with Gasteiger partial charge in [0.1, 0.15) is 11.5 Å². The zero-order chi connectivity index (χ0) is 21.3. The molecule has 3 aromatic rings. The van der Waals surface area contributed by atoms with Crippen molar-refractivity contribution >= 4 is 33.0 Å². The van der Waals surface area contributed by atoms with Gasteiger partial charge in [-0.05, 0) is 87.4 Å². The van der Waals surface area contributed by atoms with E-state index in [1.807, 2.05) is 12.1 Å². The highest BCUT2D eigenvalue weighted by molar-refractivity contribution is 9.10. The second kappa shape index (κ2) is 8.43. The molecule has 1 aromatic carbocycles. The van der Waals surface area contributed by atoms with Gasteiger partial charge in [-0.25, -0.2) is 4.39 Å². The SMILES string of the molecule is Cc1nnnn1-c1ccc(C(C(N)=O)=C(c2ccc(Br)cn2)C2CCCC2)cc1F. The van der Waals surface area contributed by atoms with Gasteiger partial charge in [0, 0.05) is 10.7 Å². The first-order valence-corrected chi connectivity index (χ1v) is 10.5. The third kappa shape index (κ3) is 3.89. The third-order valence-electron chi connectivity index (χ3n) is 5.37. The molecule has 0 aliphatic heterocycles. The topological polar surface area (TPSA) is 99.6 Å². The van der Waals surface area contributed by atoms with Gasteiger partial charge in [-0.1, -0.05) is 18.9 Å². The first-order valence-electron chi connectivity index (χ1n) is 9.67. The number of nitrogens with zero attached hydrogens (tertiary/aromatic N) is 5. The molecule has 0 saturated heterocycles. The van der Waals surface area contributed by atoms with Gasteiger partial charge in [-0.2, -0.15) is 4.68 Å². The monoisotopic (exact) mass is 470 g/mol.